The molecule has 5 nitrogen and oxygen atoms in total. The lowest BCUT2D eigenvalue weighted by Gasteiger charge is -2.27. The number of carboxylic acid groups (broad SMARTS) is 1. The van der Waals surface area contributed by atoms with Gasteiger partial charge in [-0.3, -0.25) is 0 Å². The lowest BCUT2D eigenvalue weighted by Crippen LogP contribution is -2.50. The van der Waals surface area contributed by atoms with Crippen LogP contribution in [0.15, 0.2) is 18.2 Å². The number of hydrogen-bond acceptors (Lipinski definition) is 2. The molecule has 0 heterocycles. The van der Waals surface area contributed by atoms with Crippen LogP contribution in [0, 0.1) is 12.3 Å². The number of para-hydroxylation sites is 1. The normalized spacial score (nSPS) is 12.7. The topological polar surface area (TPSA) is 78.4 Å². The van der Waals surface area contributed by atoms with Gasteiger partial charge in [0.25, 0.3) is 0 Å². The highest BCUT2D eigenvalue weighted by atomic mass is 35.5. The second-order valence-electron chi connectivity index (χ2n) is 5.67. The standard InChI is InChI=1S/C14H19ClN2O3/c1-8-6-5-7-9(15)10(8)16-13(20)17-11(12(18)19)14(2,3)4/h5-7,11H,1-4H3,(H,18,19)(H2,16,17,20)/t11-/m1/s1. The van der Waals surface area contributed by atoms with E-state index in [0.29, 0.717) is 10.7 Å². The van der Waals surface area contributed by atoms with E-state index >= 15 is 0 Å². The smallest absolute Gasteiger partial charge is 0.326 e. The van der Waals surface area contributed by atoms with Gasteiger partial charge in [0.15, 0.2) is 0 Å². The Labute approximate surface area is 123 Å². The predicted octanol–water partition coefficient (Wildman–Crippen LogP) is 3.27. The summed E-state index contributed by atoms with van der Waals surface area (Å²) in [5.41, 5.74) is 0.679. The first kappa shape index (κ1) is 16.3. The number of anilines is 1. The molecule has 110 valence electrons. The second-order valence-corrected chi connectivity index (χ2v) is 6.07. The van der Waals surface area contributed by atoms with E-state index in [1.165, 1.54) is 0 Å². The molecule has 0 fully saturated rings. The SMILES string of the molecule is Cc1cccc(Cl)c1NC(=O)N[C@H](C(=O)O)C(C)(C)C. The number of benzene rings is 1. The second kappa shape index (κ2) is 6.13. The van der Waals surface area contributed by atoms with Gasteiger partial charge in [0.2, 0.25) is 0 Å². The summed E-state index contributed by atoms with van der Waals surface area (Å²) in [5.74, 6) is -1.08. The molecule has 0 unspecified atom stereocenters. The molecule has 0 aromatic heterocycles. The minimum absolute atomic E-state index is 0.405. The Morgan fingerprint density at radius 2 is 1.90 bits per heavy atom. The van der Waals surface area contributed by atoms with E-state index < -0.39 is 23.5 Å². The number of urea groups is 1. The number of amides is 2. The van der Waals surface area contributed by atoms with E-state index in [9.17, 15) is 9.59 Å². The van der Waals surface area contributed by atoms with Gasteiger partial charge in [-0.1, -0.05) is 44.5 Å². The molecule has 0 aliphatic heterocycles. The van der Waals surface area contributed by atoms with Crippen LogP contribution in [-0.4, -0.2) is 23.1 Å². The Balaban J connectivity index is 2.84. The molecule has 0 spiro atoms. The number of hydrogen-bond donors (Lipinski definition) is 3. The third kappa shape index (κ3) is 4.13. The molecule has 20 heavy (non-hydrogen) atoms. The zero-order valence-electron chi connectivity index (χ0n) is 12.0. The van der Waals surface area contributed by atoms with Crippen LogP contribution in [0.2, 0.25) is 5.02 Å². The quantitative estimate of drug-likeness (QED) is 0.801. The van der Waals surface area contributed by atoms with Crippen LogP contribution < -0.4 is 10.6 Å². The first-order valence-electron chi connectivity index (χ1n) is 6.18. The highest BCUT2D eigenvalue weighted by Crippen LogP contribution is 2.25. The molecule has 0 radical (unpaired) electrons. The van der Waals surface area contributed by atoms with Crippen LogP contribution in [0.3, 0.4) is 0 Å². The van der Waals surface area contributed by atoms with Gasteiger partial charge in [-0.15, -0.1) is 0 Å². The van der Waals surface area contributed by atoms with Crippen molar-refractivity contribution in [2.75, 3.05) is 5.32 Å². The number of carbonyl (C=O) groups excluding carboxylic acids is 1. The van der Waals surface area contributed by atoms with Crippen molar-refractivity contribution in [3.8, 4) is 0 Å². The lowest BCUT2D eigenvalue weighted by molar-refractivity contribution is -0.141. The fourth-order valence-corrected chi connectivity index (χ4v) is 1.99. The zero-order valence-corrected chi connectivity index (χ0v) is 12.7. The van der Waals surface area contributed by atoms with Crippen molar-refractivity contribution in [2.45, 2.75) is 33.7 Å². The van der Waals surface area contributed by atoms with Crippen molar-refractivity contribution in [1.82, 2.24) is 5.32 Å². The number of aliphatic carboxylic acids is 1. The van der Waals surface area contributed by atoms with E-state index in [4.69, 9.17) is 16.7 Å². The minimum atomic E-state index is -1.08. The molecule has 3 N–H and O–H groups in total. The fraction of sp³-hybridized carbons (Fsp3) is 0.429. The van der Waals surface area contributed by atoms with Crippen molar-refractivity contribution in [3.05, 3.63) is 28.8 Å². The Bertz CT molecular complexity index is 503. The van der Waals surface area contributed by atoms with Gasteiger partial charge in [0.1, 0.15) is 6.04 Å². The van der Waals surface area contributed by atoms with Gasteiger partial charge in [-0.05, 0) is 24.0 Å². The zero-order chi connectivity index (χ0) is 15.5. The number of rotatable bonds is 3. The summed E-state index contributed by atoms with van der Waals surface area (Å²) in [7, 11) is 0. The van der Waals surface area contributed by atoms with Crippen molar-refractivity contribution in [3.63, 3.8) is 0 Å². The van der Waals surface area contributed by atoms with Crippen LogP contribution in [0.4, 0.5) is 10.5 Å². The Morgan fingerprint density at radius 3 is 2.35 bits per heavy atom. The molecule has 0 bridgehead atoms. The summed E-state index contributed by atoms with van der Waals surface area (Å²) < 4.78 is 0. The van der Waals surface area contributed by atoms with Crippen LogP contribution >= 0.6 is 11.6 Å². The summed E-state index contributed by atoms with van der Waals surface area (Å²) in [6.45, 7) is 7.03. The molecule has 1 aromatic carbocycles. The third-order valence-corrected chi connectivity index (χ3v) is 3.16. The molecule has 0 aliphatic rings. The third-order valence-electron chi connectivity index (χ3n) is 2.85. The average Bonchev–Trinajstić information content (AvgIpc) is 2.29. The number of nitrogens with one attached hydrogen (secondary N) is 2. The molecule has 0 saturated carbocycles. The maximum absolute atomic E-state index is 11.9. The van der Waals surface area contributed by atoms with E-state index in [-0.39, 0.29) is 0 Å². The molecule has 1 atom stereocenters. The van der Waals surface area contributed by atoms with Crippen molar-refractivity contribution in [1.29, 1.82) is 0 Å². The lowest BCUT2D eigenvalue weighted by atomic mass is 9.87. The Morgan fingerprint density at radius 1 is 1.30 bits per heavy atom. The molecule has 0 saturated heterocycles. The number of halogens is 1. The maximum atomic E-state index is 11.9. The summed E-state index contributed by atoms with van der Waals surface area (Å²) in [4.78, 5) is 23.1. The Kier molecular flexibility index (Phi) is 5.00. The number of aryl methyl sites for hydroxylation is 1. The fourth-order valence-electron chi connectivity index (χ4n) is 1.72. The molecule has 6 heteroatoms. The van der Waals surface area contributed by atoms with E-state index in [1.807, 2.05) is 0 Å². The average molecular weight is 299 g/mol. The van der Waals surface area contributed by atoms with Gasteiger partial charge in [0, 0.05) is 0 Å². The van der Waals surface area contributed by atoms with E-state index in [2.05, 4.69) is 10.6 Å². The van der Waals surface area contributed by atoms with Gasteiger partial charge in [0.05, 0.1) is 10.7 Å². The molecule has 1 aromatic rings. The largest absolute Gasteiger partial charge is 0.480 e. The minimum Gasteiger partial charge on any atom is -0.480 e. The monoisotopic (exact) mass is 298 g/mol. The van der Waals surface area contributed by atoms with Crippen molar-refractivity contribution >= 4 is 29.3 Å². The van der Waals surface area contributed by atoms with Crippen LogP contribution in [0.25, 0.3) is 0 Å². The molecular formula is C14H19ClN2O3. The molecule has 2 amide bonds. The van der Waals surface area contributed by atoms with Crippen molar-refractivity contribution in [2.24, 2.45) is 5.41 Å². The predicted molar refractivity (Wildman–Crippen MR) is 79.2 cm³/mol. The van der Waals surface area contributed by atoms with Gasteiger partial charge >= 0.3 is 12.0 Å². The molecule has 0 aliphatic carbocycles. The van der Waals surface area contributed by atoms with Crippen LogP contribution in [0.1, 0.15) is 26.3 Å². The summed E-state index contributed by atoms with van der Waals surface area (Å²) >= 11 is 6.00. The highest BCUT2D eigenvalue weighted by Gasteiger charge is 2.32. The summed E-state index contributed by atoms with van der Waals surface area (Å²) in [6.07, 6.45) is 0. The van der Waals surface area contributed by atoms with Crippen LogP contribution in [0.5, 0.6) is 0 Å². The molecular weight excluding hydrogens is 280 g/mol. The first-order chi connectivity index (χ1) is 9.12. The van der Waals surface area contributed by atoms with E-state index in [1.54, 1.807) is 45.9 Å². The highest BCUT2D eigenvalue weighted by molar-refractivity contribution is 6.33. The first-order valence-corrected chi connectivity index (χ1v) is 6.56. The van der Waals surface area contributed by atoms with Gasteiger partial charge < -0.3 is 15.7 Å². The summed E-state index contributed by atoms with van der Waals surface area (Å²) in [6, 6.07) is 3.65. The van der Waals surface area contributed by atoms with Crippen molar-refractivity contribution < 1.29 is 14.7 Å². The molecule has 1 rings (SSSR count). The number of carboxylic acids is 1. The maximum Gasteiger partial charge on any atom is 0.326 e. The Hall–Kier alpha value is -1.75. The summed E-state index contributed by atoms with van der Waals surface area (Å²) in [5, 5.41) is 14.6. The van der Waals surface area contributed by atoms with E-state index in [0.717, 1.165) is 5.56 Å². The van der Waals surface area contributed by atoms with Gasteiger partial charge in [-0.2, -0.15) is 0 Å². The van der Waals surface area contributed by atoms with Crippen LogP contribution in [-0.2, 0) is 4.79 Å². The number of carbonyl (C=O) groups is 2. The van der Waals surface area contributed by atoms with Gasteiger partial charge in [-0.25, -0.2) is 9.59 Å².